The van der Waals surface area contributed by atoms with Crippen LogP contribution in [0.25, 0.3) is 0 Å². The fourth-order valence-corrected chi connectivity index (χ4v) is 3.66. The van der Waals surface area contributed by atoms with E-state index in [4.69, 9.17) is 0 Å². The van der Waals surface area contributed by atoms with Crippen molar-refractivity contribution in [1.82, 2.24) is 0 Å². The molecule has 0 unspecified atom stereocenters. The summed E-state index contributed by atoms with van der Waals surface area (Å²) >= 11 is 0. The van der Waals surface area contributed by atoms with Crippen LogP contribution in [0.5, 0.6) is 0 Å². The number of hydrogen-bond donors (Lipinski definition) is 0. The third-order valence-corrected chi connectivity index (χ3v) is 6.17. The number of nitrogens with zero attached hydrogens (tertiary/aromatic N) is 1. The molecule has 1 aromatic rings. The minimum atomic E-state index is -7.46. The van der Waals surface area contributed by atoms with E-state index in [9.17, 15) is 92.0 Å². The van der Waals surface area contributed by atoms with E-state index in [1.165, 1.54) is 0 Å². The van der Waals surface area contributed by atoms with Crippen molar-refractivity contribution in [2.24, 2.45) is 0 Å². The van der Waals surface area contributed by atoms with Crippen molar-refractivity contribution in [1.29, 1.82) is 0 Å². The van der Waals surface area contributed by atoms with Gasteiger partial charge in [0.15, 0.2) is 0 Å². The molecule has 1 rings (SSSR count). The molecule has 0 N–H and O–H groups in total. The van der Waals surface area contributed by atoms with Crippen molar-refractivity contribution in [2.75, 3.05) is 18.0 Å². The number of hydrogen-bond acceptors (Lipinski definition) is 4. The van der Waals surface area contributed by atoms with Crippen LogP contribution in [0.4, 0.5) is 84.7 Å². The Labute approximate surface area is 245 Å². The first-order chi connectivity index (χ1) is 17.8. The van der Waals surface area contributed by atoms with Crippen molar-refractivity contribution >= 4 is 15.8 Å². The van der Waals surface area contributed by atoms with E-state index in [0.717, 1.165) is 0 Å². The van der Waals surface area contributed by atoms with Crippen molar-refractivity contribution in [3.05, 3.63) is 24.3 Å². The predicted octanol–water partition coefficient (Wildman–Crippen LogP) is 4.12. The first-order valence-corrected chi connectivity index (χ1v) is 11.4. The zero-order chi connectivity index (χ0) is 32.9. The van der Waals surface area contributed by atoms with Crippen molar-refractivity contribution < 1.29 is 122 Å². The first-order valence-electron chi connectivity index (χ1n) is 10.00. The standard InChI is InChI=1S/C18H13F18NO3S.Na/c19-11(20,13(23,24)15(27,28)17(31,32)33)5-7-37(9-3-1-2-4-10(9)41(38,39)40)8-6-12(21,22)14(25,26)16(29,30)18(34,35)36;/h1-4H,5-8H2,(H,38,39,40);/q;+1/p-1. The summed E-state index contributed by atoms with van der Waals surface area (Å²) < 4.78 is 270. The van der Waals surface area contributed by atoms with Gasteiger partial charge in [0.2, 0.25) is 0 Å². The molecule has 0 aliphatic heterocycles. The molecule has 0 fully saturated rings. The van der Waals surface area contributed by atoms with Gasteiger partial charge < -0.3 is 9.45 Å². The molecule has 0 aliphatic carbocycles. The summed E-state index contributed by atoms with van der Waals surface area (Å²) in [6, 6.07) is 1.82. The van der Waals surface area contributed by atoms with Gasteiger partial charge in [0, 0.05) is 25.9 Å². The molecular formula is C18H12F18NNaO3S. The number of rotatable bonds is 12. The summed E-state index contributed by atoms with van der Waals surface area (Å²) in [4.78, 5) is -2.15. The number of halogens is 18. The van der Waals surface area contributed by atoms with E-state index >= 15 is 0 Å². The minimum absolute atomic E-state index is 0. The van der Waals surface area contributed by atoms with Gasteiger partial charge >= 0.3 is 77.4 Å². The average Bonchev–Trinajstić information content (AvgIpc) is 2.76. The maximum Gasteiger partial charge on any atom is 1.00 e. The third kappa shape index (κ3) is 7.48. The molecule has 0 spiro atoms. The summed E-state index contributed by atoms with van der Waals surface area (Å²) in [5.41, 5.74) is -1.45. The molecule has 0 radical (unpaired) electrons. The van der Waals surface area contributed by atoms with Gasteiger partial charge in [0.05, 0.1) is 10.6 Å². The van der Waals surface area contributed by atoms with Crippen LogP contribution in [0.1, 0.15) is 12.8 Å². The van der Waals surface area contributed by atoms with Crippen LogP contribution in [0, 0.1) is 0 Å². The molecule has 0 bridgehead atoms. The Hall–Kier alpha value is -1.33. The fraction of sp³-hybridized carbons (Fsp3) is 0.667. The molecule has 0 aromatic heterocycles. The Morgan fingerprint density at radius 2 is 0.881 bits per heavy atom. The molecule has 0 heterocycles. The van der Waals surface area contributed by atoms with E-state index in [-0.39, 0.29) is 41.7 Å². The van der Waals surface area contributed by atoms with Gasteiger partial charge in [-0.1, -0.05) is 12.1 Å². The second-order valence-electron chi connectivity index (χ2n) is 8.11. The molecule has 240 valence electrons. The second-order valence-corrected chi connectivity index (χ2v) is 9.46. The van der Waals surface area contributed by atoms with E-state index in [1.54, 1.807) is 0 Å². The first kappa shape index (κ1) is 40.7. The largest absolute Gasteiger partial charge is 1.00 e. The molecule has 0 amide bonds. The smallest absolute Gasteiger partial charge is 0.744 e. The van der Waals surface area contributed by atoms with Gasteiger partial charge in [0.25, 0.3) is 0 Å². The van der Waals surface area contributed by atoms with Gasteiger partial charge in [0.1, 0.15) is 10.1 Å². The Morgan fingerprint density at radius 1 is 0.571 bits per heavy atom. The molecule has 4 nitrogen and oxygen atoms in total. The van der Waals surface area contributed by atoms with Gasteiger partial charge in [-0.2, -0.15) is 79.0 Å². The quantitative estimate of drug-likeness (QED) is 0.189. The normalized spacial score (nSPS) is 14.9. The van der Waals surface area contributed by atoms with Crippen molar-refractivity contribution in [2.45, 2.75) is 65.6 Å². The molecule has 0 saturated heterocycles. The Bertz CT molecular complexity index is 1130. The summed E-state index contributed by atoms with van der Waals surface area (Å²) in [7, 11) is -5.83. The van der Waals surface area contributed by atoms with E-state index < -0.39 is 99.4 Å². The maximum absolute atomic E-state index is 14.0. The molecule has 0 aliphatic rings. The molecule has 1 aromatic carbocycles. The SMILES string of the molecule is O=S(=O)([O-])c1ccccc1N(CCC(F)(F)C(F)(F)C(F)(F)C(F)(F)F)CCC(F)(F)C(F)(F)C(F)(F)C(F)(F)F.[Na+]. The molecule has 0 atom stereocenters. The third-order valence-electron chi connectivity index (χ3n) is 5.29. The van der Waals surface area contributed by atoms with Gasteiger partial charge in [-0.15, -0.1) is 0 Å². The zero-order valence-electron chi connectivity index (χ0n) is 20.0. The van der Waals surface area contributed by atoms with Gasteiger partial charge in [-0.3, -0.25) is 0 Å². The summed E-state index contributed by atoms with van der Waals surface area (Å²) in [5.74, 6) is -42.5. The summed E-state index contributed by atoms with van der Waals surface area (Å²) in [6.07, 6.45) is -20.5. The summed E-state index contributed by atoms with van der Waals surface area (Å²) in [5, 5.41) is 0. The Kier molecular flexibility index (Phi) is 11.8. The van der Waals surface area contributed by atoms with Crippen molar-refractivity contribution in [3.8, 4) is 0 Å². The number of benzene rings is 1. The monoisotopic (exact) mass is 687 g/mol. The maximum atomic E-state index is 14.0. The van der Waals surface area contributed by atoms with E-state index in [2.05, 4.69) is 0 Å². The Balaban J connectivity index is 0.0000168. The predicted molar refractivity (Wildman–Crippen MR) is 97.6 cm³/mol. The number of alkyl halides is 18. The van der Waals surface area contributed by atoms with E-state index in [0.29, 0.717) is 12.1 Å². The van der Waals surface area contributed by atoms with Gasteiger partial charge in [-0.25, -0.2) is 8.42 Å². The van der Waals surface area contributed by atoms with E-state index in [1.807, 2.05) is 0 Å². The second kappa shape index (κ2) is 12.2. The summed E-state index contributed by atoms with van der Waals surface area (Å²) in [6.45, 7) is -4.50. The fourth-order valence-electron chi connectivity index (χ4n) is 2.96. The van der Waals surface area contributed by atoms with Gasteiger partial charge in [-0.05, 0) is 12.1 Å². The molecule has 42 heavy (non-hydrogen) atoms. The number of anilines is 1. The number of para-hydroxylation sites is 1. The van der Waals surface area contributed by atoms with Crippen LogP contribution in [-0.4, -0.2) is 73.9 Å². The van der Waals surface area contributed by atoms with Crippen molar-refractivity contribution in [3.63, 3.8) is 0 Å². The topological polar surface area (TPSA) is 60.4 Å². The minimum Gasteiger partial charge on any atom is -0.744 e. The molecular weight excluding hydrogens is 675 g/mol. The van der Waals surface area contributed by atoms with Crippen LogP contribution in [-0.2, 0) is 10.1 Å². The van der Waals surface area contributed by atoms with Crippen LogP contribution in [0.2, 0.25) is 0 Å². The van der Waals surface area contributed by atoms with Crippen LogP contribution in [0.15, 0.2) is 29.2 Å². The van der Waals surface area contributed by atoms with Crippen LogP contribution in [0.3, 0.4) is 0 Å². The molecule has 0 saturated carbocycles. The zero-order valence-corrected chi connectivity index (χ0v) is 22.8. The van der Waals surface area contributed by atoms with Crippen LogP contribution < -0.4 is 34.5 Å². The van der Waals surface area contributed by atoms with Crippen LogP contribution >= 0.6 is 0 Å². The average molecular weight is 687 g/mol. The Morgan fingerprint density at radius 3 is 1.17 bits per heavy atom. The molecule has 24 heteroatoms.